The number of hydrogen-bond acceptors (Lipinski definition) is 3. The zero-order valence-electron chi connectivity index (χ0n) is 38.2. The second kappa shape index (κ2) is 17.4. The number of nitrogens with zero attached hydrogens (tertiary/aromatic N) is 3. The van der Waals surface area contributed by atoms with Gasteiger partial charge in [-0.3, -0.25) is 0 Å². The lowest BCUT2D eigenvalue weighted by Gasteiger charge is -2.18. The van der Waals surface area contributed by atoms with Gasteiger partial charge < -0.3 is 0 Å². The Bertz CT molecular complexity index is 3950. The molecule has 1 heterocycles. The van der Waals surface area contributed by atoms with Crippen molar-refractivity contribution in [2.45, 2.75) is 0 Å². The fourth-order valence-corrected chi connectivity index (χ4v) is 10.3. The molecule has 3 heteroatoms. The van der Waals surface area contributed by atoms with E-state index >= 15 is 0 Å². The number of hydrogen-bond donors (Lipinski definition) is 0. The third-order valence-corrected chi connectivity index (χ3v) is 13.8. The Hall–Kier alpha value is -9.31. The minimum atomic E-state index is 0.624. The van der Waals surface area contributed by atoms with Crippen LogP contribution < -0.4 is 0 Å². The molecule has 0 atom stereocenters. The number of rotatable bonds is 8. The highest BCUT2D eigenvalue weighted by Gasteiger charge is 2.20. The molecule has 0 amide bonds. The van der Waals surface area contributed by atoms with E-state index < -0.39 is 0 Å². The Labute approximate surface area is 406 Å². The molecule has 13 aromatic rings. The lowest BCUT2D eigenvalue weighted by molar-refractivity contribution is 1.08. The van der Waals surface area contributed by atoms with Crippen LogP contribution in [0, 0.1) is 0 Å². The molecular formula is C67H43N3. The van der Waals surface area contributed by atoms with Crippen molar-refractivity contribution in [3.05, 3.63) is 261 Å². The van der Waals surface area contributed by atoms with Gasteiger partial charge in [0.2, 0.25) is 0 Å². The van der Waals surface area contributed by atoms with Crippen LogP contribution in [0.4, 0.5) is 0 Å². The van der Waals surface area contributed by atoms with Crippen molar-refractivity contribution in [3.63, 3.8) is 0 Å². The van der Waals surface area contributed by atoms with Crippen molar-refractivity contribution in [2.24, 2.45) is 0 Å². The third-order valence-electron chi connectivity index (χ3n) is 13.8. The monoisotopic (exact) mass is 889 g/mol. The second-order valence-electron chi connectivity index (χ2n) is 17.9. The first-order valence-electron chi connectivity index (χ1n) is 23.8. The fourth-order valence-electron chi connectivity index (χ4n) is 10.3. The van der Waals surface area contributed by atoms with E-state index in [4.69, 9.17) is 15.0 Å². The van der Waals surface area contributed by atoms with E-state index in [9.17, 15) is 0 Å². The first-order chi connectivity index (χ1) is 34.7. The molecule has 1 aromatic heterocycles. The molecule has 0 fully saturated rings. The molecule has 3 nitrogen and oxygen atoms in total. The highest BCUT2D eigenvalue weighted by molar-refractivity contribution is 6.25. The molecule has 0 unspecified atom stereocenters. The molecule has 13 rings (SSSR count). The topological polar surface area (TPSA) is 38.7 Å². The lowest BCUT2D eigenvalue weighted by Crippen LogP contribution is -2.01. The summed E-state index contributed by atoms with van der Waals surface area (Å²) in [5, 5.41) is 9.56. The van der Waals surface area contributed by atoms with E-state index in [1.165, 1.54) is 71.3 Å². The Morgan fingerprint density at radius 2 is 0.443 bits per heavy atom. The molecule has 0 radical (unpaired) electrons. The molecule has 0 aliphatic carbocycles. The van der Waals surface area contributed by atoms with E-state index in [-0.39, 0.29) is 0 Å². The van der Waals surface area contributed by atoms with Crippen molar-refractivity contribution < 1.29 is 0 Å². The maximum Gasteiger partial charge on any atom is 0.164 e. The maximum absolute atomic E-state index is 5.28. The summed E-state index contributed by atoms with van der Waals surface area (Å²) in [6.45, 7) is 0. The van der Waals surface area contributed by atoms with Gasteiger partial charge in [-0.05, 0) is 117 Å². The van der Waals surface area contributed by atoms with E-state index in [0.717, 1.165) is 44.2 Å². The first-order valence-corrected chi connectivity index (χ1v) is 23.8. The van der Waals surface area contributed by atoms with Crippen LogP contribution in [-0.4, -0.2) is 15.0 Å². The number of aromatic nitrogens is 3. The second-order valence-corrected chi connectivity index (χ2v) is 17.9. The van der Waals surface area contributed by atoms with E-state index in [1.807, 2.05) is 12.1 Å². The van der Waals surface area contributed by atoms with Gasteiger partial charge in [0.1, 0.15) is 0 Å². The smallest absolute Gasteiger partial charge is 0.164 e. The summed E-state index contributed by atoms with van der Waals surface area (Å²) in [4.78, 5) is 15.7. The zero-order valence-corrected chi connectivity index (χ0v) is 38.2. The quantitative estimate of drug-likeness (QED) is 0.143. The van der Waals surface area contributed by atoms with Crippen molar-refractivity contribution in [1.82, 2.24) is 15.0 Å². The highest BCUT2D eigenvalue weighted by atomic mass is 15.0. The largest absolute Gasteiger partial charge is 0.208 e. The fraction of sp³-hybridized carbons (Fsp3) is 0. The van der Waals surface area contributed by atoms with Gasteiger partial charge >= 0.3 is 0 Å². The van der Waals surface area contributed by atoms with Crippen molar-refractivity contribution in [3.8, 4) is 89.8 Å². The van der Waals surface area contributed by atoms with Gasteiger partial charge in [0.05, 0.1) is 0 Å². The van der Waals surface area contributed by atoms with Crippen molar-refractivity contribution in [1.29, 1.82) is 0 Å². The van der Waals surface area contributed by atoms with Gasteiger partial charge in [-0.25, -0.2) is 15.0 Å². The van der Waals surface area contributed by atoms with Crippen LogP contribution in [0.1, 0.15) is 0 Å². The summed E-state index contributed by atoms with van der Waals surface area (Å²) in [6.07, 6.45) is 0. The zero-order chi connectivity index (χ0) is 46.4. The van der Waals surface area contributed by atoms with Crippen LogP contribution in [-0.2, 0) is 0 Å². The molecule has 12 aromatic carbocycles. The lowest BCUT2D eigenvalue weighted by atomic mass is 9.86. The van der Waals surface area contributed by atoms with Crippen molar-refractivity contribution >= 4 is 43.1 Å². The van der Waals surface area contributed by atoms with Crippen LogP contribution in [0.5, 0.6) is 0 Å². The van der Waals surface area contributed by atoms with Crippen LogP contribution in [0.2, 0.25) is 0 Å². The summed E-state index contributed by atoms with van der Waals surface area (Å²) < 4.78 is 0. The summed E-state index contributed by atoms with van der Waals surface area (Å²) >= 11 is 0. The molecule has 0 saturated carbocycles. The molecule has 0 bridgehead atoms. The third kappa shape index (κ3) is 7.38. The maximum atomic E-state index is 5.28. The van der Waals surface area contributed by atoms with Gasteiger partial charge in [0, 0.05) is 16.7 Å². The molecule has 70 heavy (non-hydrogen) atoms. The Morgan fingerprint density at radius 3 is 0.886 bits per heavy atom. The van der Waals surface area contributed by atoms with E-state index in [2.05, 4.69) is 249 Å². The SMILES string of the molecule is c1ccc(-c2ccc(-c3nc(-c4ccc(-c5ccccc5)cc4)nc(-c4ccc(-c5cc6c7ccccc7c(-c7ccc(-c8ccccc8)cc7)cc6c6ccccc56)c5ccccc45)n3)cc2)cc1. The van der Waals surface area contributed by atoms with E-state index in [0.29, 0.717) is 17.5 Å². The summed E-state index contributed by atoms with van der Waals surface area (Å²) in [6, 6.07) is 93.3. The normalized spacial score (nSPS) is 11.4. The number of fused-ring (bicyclic) bond motifs is 6. The Kier molecular flexibility index (Phi) is 10.2. The van der Waals surface area contributed by atoms with Gasteiger partial charge in [0.15, 0.2) is 17.5 Å². The average molecular weight is 890 g/mol. The van der Waals surface area contributed by atoms with E-state index in [1.54, 1.807) is 0 Å². The molecular weight excluding hydrogens is 847 g/mol. The summed E-state index contributed by atoms with van der Waals surface area (Å²) in [5.74, 6) is 1.87. The van der Waals surface area contributed by atoms with Gasteiger partial charge in [0.25, 0.3) is 0 Å². The molecule has 0 aliphatic rings. The predicted octanol–water partition coefficient (Wildman–Crippen LogP) is 17.8. The standard InChI is InChI=1S/C67H43N3/c1-4-16-44(17-5-1)47-28-34-50(35-29-47)61-42-63-58-27-15-14-26-57(58)62(43-64(63)56-25-13-12-24-55(56)61)59-40-41-60(54-23-11-10-22-53(54)59)67-69-65(51-36-30-48(31-37-51)45-18-6-2-7-19-45)68-66(70-67)52-38-32-49(33-39-52)46-20-8-3-9-21-46/h1-43H. The molecule has 326 valence electrons. The molecule has 0 N–H and O–H groups in total. The molecule has 0 saturated heterocycles. The van der Waals surface area contributed by atoms with Gasteiger partial charge in [-0.2, -0.15) is 0 Å². The van der Waals surface area contributed by atoms with Gasteiger partial charge in [-0.15, -0.1) is 0 Å². The predicted molar refractivity (Wildman–Crippen MR) is 293 cm³/mol. The molecule has 0 spiro atoms. The minimum Gasteiger partial charge on any atom is -0.208 e. The summed E-state index contributed by atoms with van der Waals surface area (Å²) in [5.41, 5.74) is 14.6. The minimum absolute atomic E-state index is 0.624. The van der Waals surface area contributed by atoms with Crippen molar-refractivity contribution in [2.75, 3.05) is 0 Å². The Morgan fingerprint density at radius 1 is 0.157 bits per heavy atom. The first kappa shape index (κ1) is 40.9. The van der Waals surface area contributed by atoms with Crippen LogP contribution in [0.25, 0.3) is 133 Å². The Balaban J connectivity index is 0.962. The highest BCUT2D eigenvalue weighted by Crippen LogP contribution is 2.45. The van der Waals surface area contributed by atoms with Gasteiger partial charge in [-0.1, -0.05) is 243 Å². The average Bonchev–Trinajstić information content (AvgIpc) is 3.45. The van der Waals surface area contributed by atoms with Crippen LogP contribution in [0.3, 0.4) is 0 Å². The van der Waals surface area contributed by atoms with Crippen LogP contribution in [0.15, 0.2) is 261 Å². The number of benzene rings is 12. The summed E-state index contributed by atoms with van der Waals surface area (Å²) in [7, 11) is 0. The molecule has 0 aliphatic heterocycles. The van der Waals surface area contributed by atoms with Crippen LogP contribution >= 0.6 is 0 Å².